The van der Waals surface area contributed by atoms with Gasteiger partial charge in [0.25, 0.3) is 5.91 Å². The second kappa shape index (κ2) is 5.27. The highest BCUT2D eigenvalue weighted by molar-refractivity contribution is 5.94. The Balaban J connectivity index is 2.05. The third-order valence-electron chi connectivity index (χ3n) is 3.25. The van der Waals surface area contributed by atoms with Gasteiger partial charge >= 0.3 is 0 Å². The van der Waals surface area contributed by atoms with Crippen LogP contribution in [0.1, 0.15) is 23.2 Å². The van der Waals surface area contributed by atoms with Gasteiger partial charge in [-0.3, -0.25) is 4.79 Å². The van der Waals surface area contributed by atoms with Crippen LogP contribution in [-0.4, -0.2) is 30.4 Å². The van der Waals surface area contributed by atoms with Crippen LogP contribution < -0.4 is 5.73 Å². The molecule has 0 bridgehead atoms. The molecular formula is C13H17FN2O. The molecule has 1 aromatic rings. The average molecular weight is 236 g/mol. The monoisotopic (exact) mass is 236 g/mol. The minimum absolute atomic E-state index is 0.167. The Morgan fingerprint density at radius 1 is 1.47 bits per heavy atom. The second-order valence-electron chi connectivity index (χ2n) is 4.46. The topological polar surface area (TPSA) is 46.3 Å². The molecule has 1 fully saturated rings. The molecule has 0 spiro atoms. The van der Waals surface area contributed by atoms with Crippen LogP contribution in [0, 0.1) is 11.7 Å². The fourth-order valence-corrected chi connectivity index (χ4v) is 2.29. The maximum absolute atomic E-state index is 13.5. The Kier molecular flexibility index (Phi) is 3.74. The highest BCUT2D eigenvalue weighted by atomic mass is 19.1. The molecule has 92 valence electrons. The summed E-state index contributed by atoms with van der Waals surface area (Å²) in [4.78, 5) is 13.8. The van der Waals surface area contributed by atoms with E-state index in [1.165, 1.54) is 12.1 Å². The zero-order valence-corrected chi connectivity index (χ0v) is 9.73. The van der Waals surface area contributed by atoms with Crippen molar-refractivity contribution in [2.75, 3.05) is 19.6 Å². The van der Waals surface area contributed by atoms with E-state index < -0.39 is 5.82 Å². The van der Waals surface area contributed by atoms with Gasteiger partial charge in [-0.25, -0.2) is 4.39 Å². The summed E-state index contributed by atoms with van der Waals surface area (Å²) in [5.41, 5.74) is 5.67. The van der Waals surface area contributed by atoms with Gasteiger partial charge in [-0.15, -0.1) is 0 Å². The summed E-state index contributed by atoms with van der Waals surface area (Å²) >= 11 is 0. The van der Waals surface area contributed by atoms with E-state index in [2.05, 4.69) is 0 Å². The van der Waals surface area contributed by atoms with Crippen LogP contribution in [0.2, 0.25) is 0 Å². The average Bonchev–Trinajstić information content (AvgIpc) is 2.78. The van der Waals surface area contributed by atoms with Crippen molar-refractivity contribution in [2.24, 2.45) is 11.7 Å². The van der Waals surface area contributed by atoms with Gasteiger partial charge in [0.15, 0.2) is 0 Å². The molecule has 1 atom stereocenters. The summed E-state index contributed by atoms with van der Waals surface area (Å²) in [6, 6.07) is 6.13. The number of hydrogen-bond acceptors (Lipinski definition) is 2. The molecule has 1 aromatic carbocycles. The lowest BCUT2D eigenvalue weighted by Crippen LogP contribution is -2.29. The summed E-state index contributed by atoms with van der Waals surface area (Å²) in [6.45, 7) is 2.05. The van der Waals surface area contributed by atoms with E-state index in [9.17, 15) is 9.18 Å². The van der Waals surface area contributed by atoms with E-state index in [-0.39, 0.29) is 11.5 Å². The maximum Gasteiger partial charge on any atom is 0.256 e. The van der Waals surface area contributed by atoms with Gasteiger partial charge in [0.05, 0.1) is 5.56 Å². The van der Waals surface area contributed by atoms with E-state index in [1.807, 2.05) is 0 Å². The smallest absolute Gasteiger partial charge is 0.256 e. The van der Waals surface area contributed by atoms with E-state index >= 15 is 0 Å². The Morgan fingerprint density at radius 2 is 2.24 bits per heavy atom. The summed E-state index contributed by atoms with van der Waals surface area (Å²) in [5, 5.41) is 0. The van der Waals surface area contributed by atoms with Crippen LogP contribution >= 0.6 is 0 Å². The largest absolute Gasteiger partial charge is 0.338 e. The van der Waals surface area contributed by atoms with E-state index in [0.29, 0.717) is 25.6 Å². The highest BCUT2D eigenvalue weighted by Gasteiger charge is 2.27. The molecule has 1 unspecified atom stereocenters. The second-order valence-corrected chi connectivity index (χ2v) is 4.46. The Hall–Kier alpha value is -1.42. The number of halogens is 1. The number of carbonyl (C=O) groups excluding carboxylic acids is 1. The first-order valence-corrected chi connectivity index (χ1v) is 5.96. The predicted molar refractivity (Wildman–Crippen MR) is 64.1 cm³/mol. The van der Waals surface area contributed by atoms with Crippen molar-refractivity contribution in [1.82, 2.24) is 4.90 Å². The summed E-state index contributed by atoms with van der Waals surface area (Å²) in [5.74, 6) is -0.182. The normalized spacial score (nSPS) is 19.6. The van der Waals surface area contributed by atoms with Crippen molar-refractivity contribution in [2.45, 2.75) is 12.8 Å². The van der Waals surface area contributed by atoms with Gasteiger partial charge < -0.3 is 10.6 Å². The van der Waals surface area contributed by atoms with Gasteiger partial charge in [-0.2, -0.15) is 0 Å². The lowest BCUT2D eigenvalue weighted by Gasteiger charge is -2.16. The van der Waals surface area contributed by atoms with E-state index in [4.69, 9.17) is 5.73 Å². The summed E-state index contributed by atoms with van der Waals surface area (Å²) in [7, 11) is 0. The Morgan fingerprint density at radius 3 is 2.94 bits per heavy atom. The molecule has 1 amide bonds. The number of benzene rings is 1. The predicted octanol–water partition coefficient (Wildman–Crippen LogP) is 1.64. The fourth-order valence-electron chi connectivity index (χ4n) is 2.29. The zero-order valence-electron chi connectivity index (χ0n) is 9.73. The van der Waals surface area contributed by atoms with Crippen molar-refractivity contribution in [3.8, 4) is 0 Å². The van der Waals surface area contributed by atoms with Gasteiger partial charge in [-0.05, 0) is 37.4 Å². The molecule has 0 aromatic heterocycles. The molecule has 4 heteroatoms. The number of likely N-dealkylation sites (tertiary alicyclic amines) is 1. The van der Waals surface area contributed by atoms with E-state index in [0.717, 1.165) is 12.8 Å². The SMILES string of the molecule is NCCC1CCN(C(=O)c2ccccc2F)C1. The molecule has 17 heavy (non-hydrogen) atoms. The molecule has 2 rings (SSSR count). The minimum Gasteiger partial charge on any atom is -0.338 e. The molecular weight excluding hydrogens is 219 g/mol. The lowest BCUT2D eigenvalue weighted by molar-refractivity contribution is 0.0782. The summed E-state index contributed by atoms with van der Waals surface area (Å²) in [6.07, 6.45) is 1.90. The van der Waals surface area contributed by atoms with Gasteiger partial charge in [0.1, 0.15) is 5.82 Å². The molecule has 2 N–H and O–H groups in total. The number of amides is 1. The van der Waals surface area contributed by atoms with Crippen LogP contribution in [0.3, 0.4) is 0 Å². The standard InChI is InChI=1S/C13H17FN2O/c14-12-4-2-1-3-11(12)13(17)16-8-6-10(9-16)5-7-15/h1-4,10H,5-9,15H2. The Labute approximate surface area is 100 Å². The van der Waals surface area contributed by atoms with Crippen molar-refractivity contribution in [1.29, 1.82) is 0 Å². The molecule has 0 aliphatic carbocycles. The van der Waals surface area contributed by atoms with Crippen molar-refractivity contribution < 1.29 is 9.18 Å². The Bertz CT molecular complexity index is 408. The van der Waals surface area contributed by atoms with Gasteiger partial charge in [-0.1, -0.05) is 12.1 Å². The quantitative estimate of drug-likeness (QED) is 0.867. The number of nitrogens with zero attached hydrogens (tertiary/aromatic N) is 1. The molecule has 1 aliphatic rings. The number of hydrogen-bond donors (Lipinski definition) is 1. The number of nitrogens with two attached hydrogens (primary N) is 1. The third kappa shape index (κ3) is 2.64. The van der Waals surface area contributed by atoms with Crippen LogP contribution in [-0.2, 0) is 0 Å². The van der Waals surface area contributed by atoms with Crippen molar-refractivity contribution in [3.63, 3.8) is 0 Å². The molecule has 1 aliphatic heterocycles. The van der Waals surface area contributed by atoms with Crippen molar-refractivity contribution in [3.05, 3.63) is 35.6 Å². The van der Waals surface area contributed by atoms with E-state index in [1.54, 1.807) is 17.0 Å². The number of carbonyl (C=O) groups is 1. The first kappa shape index (κ1) is 12.0. The summed E-state index contributed by atoms with van der Waals surface area (Å²) < 4.78 is 13.5. The third-order valence-corrected chi connectivity index (χ3v) is 3.25. The van der Waals surface area contributed by atoms with Gasteiger partial charge in [0, 0.05) is 13.1 Å². The minimum atomic E-state index is -0.445. The molecule has 0 radical (unpaired) electrons. The van der Waals surface area contributed by atoms with Crippen molar-refractivity contribution >= 4 is 5.91 Å². The fraction of sp³-hybridized carbons (Fsp3) is 0.462. The number of rotatable bonds is 3. The van der Waals surface area contributed by atoms with Crippen LogP contribution in [0.4, 0.5) is 4.39 Å². The van der Waals surface area contributed by atoms with Crippen LogP contribution in [0.25, 0.3) is 0 Å². The first-order valence-electron chi connectivity index (χ1n) is 5.96. The lowest BCUT2D eigenvalue weighted by atomic mass is 10.1. The zero-order chi connectivity index (χ0) is 12.3. The highest BCUT2D eigenvalue weighted by Crippen LogP contribution is 2.21. The van der Waals surface area contributed by atoms with Crippen LogP contribution in [0.15, 0.2) is 24.3 Å². The van der Waals surface area contributed by atoms with Gasteiger partial charge in [0.2, 0.25) is 0 Å². The molecule has 0 saturated carbocycles. The molecule has 1 heterocycles. The maximum atomic E-state index is 13.5. The van der Waals surface area contributed by atoms with Crippen LogP contribution in [0.5, 0.6) is 0 Å². The molecule has 1 saturated heterocycles. The first-order chi connectivity index (χ1) is 8.22. The molecule has 3 nitrogen and oxygen atoms in total.